The maximum absolute atomic E-state index is 15.1. The molecule has 0 bridgehead atoms. The number of likely N-dealkylation sites (tertiary alicyclic amines) is 1. The minimum atomic E-state index is -1.61. The molecule has 6 heteroatoms. The molecule has 0 unspecified atom stereocenters. The van der Waals surface area contributed by atoms with Crippen molar-refractivity contribution < 1.29 is 9.18 Å². The summed E-state index contributed by atoms with van der Waals surface area (Å²) in [5.41, 5.74) is 9.07. The zero-order valence-electron chi connectivity index (χ0n) is 16.7. The van der Waals surface area contributed by atoms with Crippen LogP contribution in [-0.4, -0.2) is 29.6 Å². The number of benzene rings is 2. The zero-order valence-corrected chi connectivity index (χ0v) is 16.7. The number of nitriles is 1. The number of aryl methyl sites for hydroxylation is 1. The van der Waals surface area contributed by atoms with E-state index in [0.29, 0.717) is 39.2 Å². The van der Waals surface area contributed by atoms with Crippen LogP contribution in [0.25, 0.3) is 5.70 Å². The van der Waals surface area contributed by atoms with Gasteiger partial charge in [0.2, 0.25) is 0 Å². The van der Waals surface area contributed by atoms with Crippen molar-refractivity contribution in [3.63, 3.8) is 0 Å². The van der Waals surface area contributed by atoms with Crippen LogP contribution in [0.15, 0.2) is 48.0 Å². The molecule has 1 aliphatic rings. The lowest BCUT2D eigenvalue weighted by molar-refractivity contribution is -0.0231. The van der Waals surface area contributed by atoms with Crippen LogP contribution in [0.4, 0.5) is 4.39 Å². The molecule has 3 rings (SSSR count). The Morgan fingerprint density at radius 1 is 1.21 bits per heavy atom. The summed E-state index contributed by atoms with van der Waals surface area (Å²) >= 11 is 0. The number of halogens is 1. The highest BCUT2D eigenvalue weighted by Crippen LogP contribution is 2.37. The molecule has 2 aromatic rings. The van der Waals surface area contributed by atoms with Gasteiger partial charge in [0, 0.05) is 22.5 Å². The van der Waals surface area contributed by atoms with E-state index < -0.39 is 5.67 Å². The van der Waals surface area contributed by atoms with Crippen LogP contribution in [-0.2, 0) is 5.67 Å². The molecule has 148 valence electrons. The number of carbonyl (C=O) groups is 1. The van der Waals surface area contributed by atoms with Gasteiger partial charge in [-0.1, -0.05) is 18.2 Å². The predicted octanol–water partition coefficient (Wildman–Crippen LogP) is 3.92. The number of rotatable bonds is 4. The third-order valence-corrected chi connectivity index (χ3v) is 5.44. The minimum absolute atomic E-state index is 0.0368. The monoisotopic (exact) mass is 390 g/mol. The van der Waals surface area contributed by atoms with E-state index in [1.165, 1.54) is 4.90 Å². The summed E-state index contributed by atoms with van der Waals surface area (Å²) in [6, 6.07) is 13.6. The first kappa shape index (κ1) is 20.3. The Morgan fingerprint density at radius 2 is 1.83 bits per heavy atom. The van der Waals surface area contributed by atoms with Crippen molar-refractivity contribution in [3.05, 3.63) is 75.9 Å². The Bertz CT molecular complexity index is 1060. The van der Waals surface area contributed by atoms with Crippen molar-refractivity contribution >= 4 is 17.3 Å². The highest BCUT2D eigenvalue weighted by Gasteiger charge is 2.47. The van der Waals surface area contributed by atoms with Gasteiger partial charge in [0.25, 0.3) is 5.91 Å². The number of nitrogens with one attached hydrogen (secondary N) is 1. The normalized spacial score (nSPS) is 15.8. The third-order valence-electron chi connectivity index (χ3n) is 5.44. The van der Waals surface area contributed by atoms with Gasteiger partial charge in [-0.25, -0.2) is 4.39 Å². The number of hydrogen-bond acceptors (Lipinski definition) is 4. The first-order valence-electron chi connectivity index (χ1n) is 9.28. The molecule has 1 fully saturated rings. The molecule has 2 aromatic carbocycles. The van der Waals surface area contributed by atoms with Gasteiger partial charge in [-0.2, -0.15) is 5.26 Å². The fourth-order valence-corrected chi connectivity index (χ4v) is 3.36. The van der Waals surface area contributed by atoms with Crippen molar-refractivity contribution in [2.75, 3.05) is 13.1 Å². The number of allylic oxidation sites excluding steroid dienone is 1. The minimum Gasteiger partial charge on any atom is -0.398 e. The van der Waals surface area contributed by atoms with E-state index in [1.54, 1.807) is 50.2 Å². The SMILES string of the molecule is CC(=N)/C(C)=C(\N)c1cc(C(=O)N2CC(F)(c3ccc(C#N)cc3)C2)ccc1C. The second-order valence-electron chi connectivity index (χ2n) is 7.51. The van der Waals surface area contributed by atoms with Crippen LogP contribution in [0.5, 0.6) is 0 Å². The highest BCUT2D eigenvalue weighted by atomic mass is 19.1. The first-order chi connectivity index (χ1) is 13.7. The smallest absolute Gasteiger partial charge is 0.254 e. The Labute approximate surface area is 169 Å². The van der Waals surface area contributed by atoms with Gasteiger partial charge in [0.1, 0.15) is 0 Å². The fourth-order valence-electron chi connectivity index (χ4n) is 3.36. The van der Waals surface area contributed by atoms with Crippen LogP contribution in [0.1, 0.15) is 46.5 Å². The van der Waals surface area contributed by atoms with Gasteiger partial charge in [-0.3, -0.25) is 4.79 Å². The number of hydrogen-bond donors (Lipinski definition) is 2. The van der Waals surface area contributed by atoms with Crippen molar-refractivity contribution in [1.29, 1.82) is 10.7 Å². The van der Waals surface area contributed by atoms with E-state index in [1.807, 2.05) is 19.1 Å². The molecule has 0 atom stereocenters. The summed E-state index contributed by atoms with van der Waals surface area (Å²) < 4.78 is 15.1. The van der Waals surface area contributed by atoms with Crippen molar-refractivity contribution in [1.82, 2.24) is 4.90 Å². The van der Waals surface area contributed by atoms with E-state index in [4.69, 9.17) is 16.4 Å². The van der Waals surface area contributed by atoms with Crippen LogP contribution >= 0.6 is 0 Å². The number of nitrogens with two attached hydrogens (primary N) is 1. The van der Waals surface area contributed by atoms with Gasteiger partial charge >= 0.3 is 0 Å². The lowest BCUT2D eigenvalue weighted by Crippen LogP contribution is -2.58. The maximum atomic E-state index is 15.1. The predicted molar refractivity (Wildman–Crippen MR) is 111 cm³/mol. The summed E-state index contributed by atoms with van der Waals surface area (Å²) in [5.74, 6) is -0.259. The Balaban J connectivity index is 1.80. The molecule has 1 heterocycles. The van der Waals surface area contributed by atoms with Gasteiger partial charge < -0.3 is 16.0 Å². The molecular formula is C23H23FN4O. The standard InChI is InChI=1S/C23H23FN4O/c1-14-4-7-18(10-20(14)21(27)15(2)16(3)26)22(29)28-12-23(24,13-28)19-8-5-17(11-25)6-9-19/h4-10,26H,12-13,27H2,1-3H3/b21-15-,26-16?. The fraction of sp³-hybridized carbons (Fsp3) is 0.261. The topological polar surface area (TPSA) is 94.0 Å². The van der Waals surface area contributed by atoms with Crippen LogP contribution < -0.4 is 5.73 Å². The van der Waals surface area contributed by atoms with E-state index >= 15 is 4.39 Å². The molecule has 1 aliphatic heterocycles. The lowest BCUT2D eigenvalue weighted by atomic mass is 9.87. The quantitative estimate of drug-likeness (QED) is 0.775. The number of nitrogens with zero attached hydrogens (tertiary/aromatic N) is 2. The Morgan fingerprint density at radius 3 is 2.38 bits per heavy atom. The molecule has 5 nitrogen and oxygen atoms in total. The first-order valence-corrected chi connectivity index (χ1v) is 9.28. The van der Waals surface area contributed by atoms with Crippen molar-refractivity contribution in [2.24, 2.45) is 5.73 Å². The van der Waals surface area contributed by atoms with Crippen LogP contribution in [0, 0.1) is 23.7 Å². The third kappa shape index (κ3) is 3.77. The summed E-state index contributed by atoms with van der Waals surface area (Å²) in [6.07, 6.45) is 0. The average molecular weight is 390 g/mol. The van der Waals surface area contributed by atoms with E-state index in [0.717, 1.165) is 5.56 Å². The number of carbonyl (C=O) groups excluding carboxylic acids is 1. The maximum Gasteiger partial charge on any atom is 0.254 e. The molecule has 0 aromatic heterocycles. The molecule has 1 saturated heterocycles. The van der Waals surface area contributed by atoms with Crippen LogP contribution in [0.2, 0.25) is 0 Å². The zero-order chi connectivity index (χ0) is 21.3. The van der Waals surface area contributed by atoms with Crippen molar-refractivity contribution in [3.8, 4) is 6.07 Å². The highest BCUT2D eigenvalue weighted by molar-refractivity contribution is 6.03. The van der Waals surface area contributed by atoms with E-state index in [-0.39, 0.29) is 19.0 Å². The molecule has 29 heavy (non-hydrogen) atoms. The molecule has 3 N–H and O–H groups in total. The lowest BCUT2D eigenvalue weighted by Gasteiger charge is -2.44. The molecule has 0 spiro atoms. The van der Waals surface area contributed by atoms with Gasteiger partial charge in [-0.05, 0) is 61.7 Å². The summed E-state index contributed by atoms with van der Waals surface area (Å²) in [7, 11) is 0. The molecule has 0 aliphatic carbocycles. The average Bonchev–Trinajstić information content (AvgIpc) is 2.70. The second kappa shape index (κ2) is 7.51. The molecule has 1 amide bonds. The van der Waals surface area contributed by atoms with Crippen LogP contribution in [0.3, 0.4) is 0 Å². The summed E-state index contributed by atoms with van der Waals surface area (Å²) in [6.45, 7) is 5.26. The van der Waals surface area contributed by atoms with Gasteiger partial charge in [-0.15, -0.1) is 0 Å². The Hall–Kier alpha value is -3.46. The molecule has 0 radical (unpaired) electrons. The van der Waals surface area contributed by atoms with Gasteiger partial charge in [0.05, 0.1) is 24.7 Å². The number of amides is 1. The largest absolute Gasteiger partial charge is 0.398 e. The summed E-state index contributed by atoms with van der Waals surface area (Å²) in [5, 5.41) is 16.6. The van der Waals surface area contributed by atoms with Gasteiger partial charge in [0.15, 0.2) is 5.67 Å². The Kier molecular flexibility index (Phi) is 5.25. The summed E-state index contributed by atoms with van der Waals surface area (Å²) in [4.78, 5) is 14.3. The second-order valence-corrected chi connectivity index (χ2v) is 7.51. The molecule has 0 saturated carbocycles. The van der Waals surface area contributed by atoms with E-state index in [9.17, 15) is 4.79 Å². The number of alkyl halides is 1. The van der Waals surface area contributed by atoms with E-state index in [2.05, 4.69) is 0 Å². The van der Waals surface area contributed by atoms with Crippen molar-refractivity contribution in [2.45, 2.75) is 26.4 Å². The molecular weight excluding hydrogens is 367 g/mol.